The minimum Gasteiger partial charge on any atom is -0.360 e. The van der Waals surface area contributed by atoms with Crippen LogP contribution in [0, 0.1) is 6.92 Å². The first-order valence-electron chi connectivity index (χ1n) is 8.31. The molecular formula is C19H16N4O2S2. The molecule has 27 heavy (non-hydrogen) atoms. The average molecular weight is 396 g/mol. The molecule has 1 unspecified atom stereocenters. The Kier molecular flexibility index (Phi) is 4.91. The fourth-order valence-corrected chi connectivity index (χ4v) is 4.51. The molecule has 3 aromatic heterocycles. The number of amides is 1. The molecule has 4 aromatic rings. The molecule has 1 amide bonds. The van der Waals surface area contributed by atoms with Crippen LogP contribution >= 0.6 is 23.1 Å². The van der Waals surface area contributed by atoms with E-state index in [1.54, 1.807) is 30.7 Å². The Balaban J connectivity index is 1.56. The number of nitrogens with zero attached hydrogens (tertiary/aromatic N) is 3. The summed E-state index contributed by atoms with van der Waals surface area (Å²) < 4.78 is 4.98. The van der Waals surface area contributed by atoms with Crippen molar-refractivity contribution in [3.8, 4) is 10.4 Å². The van der Waals surface area contributed by atoms with E-state index in [4.69, 9.17) is 4.52 Å². The molecule has 0 bridgehead atoms. The molecule has 1 atom stereocenters. The zero-order valence-corrected chi connectivity index (χ0v) is 16.3. The Morgan fingerprint density at radius 2 is 2.04 bits per heavy atom. The first-order chi connectivity index (χ1) is 13.1. The molecule has 136 valence electrons. The summed E-state index contributed by atoms with van der Waals surface area (Å²) in [5.74, 6) is 0.910. The predicted molar refractivity (Wildman–Crippen MR) is 108 cm³/mol. The molecular weight excluding hydrogens is 380 g/mol. The Morgan fingerprint density at radius 3 is 2.78 bits per heavy atom. The molecule has 1 N–H and O–H groups in total. The summed E-state index contributed by atoms with van der Waals surface area (Å²) in [6.45, 7) is 3.62. The van der Waals surface area contributed by atoms with Gasteiger partial charge in [0.2, 0.25) is 5.91 Å². The van der Waals surface area contributed by atoms with Gasteiger partial charge in [0.05, 0.1) is 5.25 Å². The average Bonchev–Trinajstić information content (AvgIpc) is 3.29. The van der Waals surface area contributed by atoms with E-state index in [1.165, 1.54) is 11.8 Å². The number of carbonyl (C=O) groups is 1. The normalized spacial score (nSPS) is 12.2. The molecule has 3 heterocycles. The van der Waals surface area contributed by atoms with Crippen molar-refractivity contribution in [3.63, 3.8) is 0 Å². The summed E-state index contributed by atoms with van der Waals surface area (Å²) in [4.78, 5) is 23.2. The first kappa shape index (κ1) is 17.7. The van der Waals surface area contributed by atoms with E-state index in [0.717, 1.165) is 25.7 Å². The van der Waals surface area contributed by atoms with Crippen molar-refractivity contribution < 1.29 is 9.32 Å². The van der Waals surface area contributed by atoms with Crippen molar-refractivity contribution >= 4 is 45.0 Å². The molecule has 0 saturated carbocycles. The number of nitrogens with one attached hydrogen (secondary N) is 1. The van der Waals surface area contributed by atoms with Crippen LogP contribution in [0.3, 0.4) is 0 Å². The molecule has 0 aliphatic rings. The molecule has 0 saturated heterocycles. The highest BCUT2D eigenvalue weighted by atomic mass is 32.2. The maximum atomic E-state index is 12.4. The second-order valence-electron chi connectivity index (χ2n) is 5.95. The SMILES string of the molecule is Cc1cc(NC(=O)C(C)Sc2ncnc3sc(-c4ccccc4)cc23)no1. The van der Waals surface area contributed by atoms with Gasteiger partial charge in [-0.2, -0.15) is 0 Å². The van der Waals surface area contributed by atoms with E-state index in [-0.39, 0.29) is 11.2 Å². The van der Waals surface area contributed by atoms with Crippen LogP contribution in [0.5, 0.6) is 0 Å². The maximum absolute atomic E-state index is 12.4. The molecule has 0 fully saturated rings. The molecule has 4 rings (SSSR count). The second-order valence-corrected chi connectivity index (χ2v) is 8.31. The number of thioether (sulfide) groups is 1. The van der Waals surface area contributed by atoms with Crippen molar-refractivity contribution in [3.05, 3.63) is 54.6 Å². The van der Waals surface area contributed by atoms with Gasteiger partial charge in [0.25, 0.3) is 0 Å². The summed E-state index contributed by atoms with van der Waals surface area (Å²) >= 11 is 3.02. The quantitative estimate of drug-likeness (QED) is 0.386. The number of hydrogen-bond donors (Lipinski definition) is 1. The van der Waals surface area contributed by atoms with Crippen LogP contribution in [0.1, 0.15) is 12.7 Å². The number of aromatic nitrogens is 3. The van der Waals surface area contributed by atoms with Crippen molar-refractivity contribution in [1.29, 1.82) is 0 Å². The van der Waals surface area contributed by atoms with Gasteiger partial charge in [-0.15, -0.1) is 11.3 Å². The standard InChI is InChI=1S/C19H16N4O2S2/c1-11-8-16(23-25-11)22-17(24)12(2)26-18-14-9-15(13-6-4-3-5-7-13)27-19(14)21-10-20-18/h3-10,12H,1-2H3,(H,22,23,24). The van der Waals surface area contributed by atoms with Gasteiger partial charge in [0, 0.05) is 16.3 Å². The molecule has 0 aliphatic heterocycles. The lowest BCUT2D eigenvalue weighted by Gasteiger charge is -2.10. The minimum absolute atomic E-state index is 0.154. The summed E-state index contributed by atoms with van der Waals surface area (Å²) in [6, 6.07) is 13.9. The Bertz CT molecular complexity index is 1090. The second kappa shape index (κ2) is 7.50. The molecule has 6 nitrogen and oxygen atoms in total. The lowest BCUT2D eigenvalue weighted by Crippen LogP contribution is -2.22. The fourth-order valence-electron chi connectivity index (χ4n) is 2.55. The number of benzene rings is 1. The van der Waals surface area contributed by atoms with Crippen LogP contribution in [-0.4, -0.2) is 26.3 Å². The molecule has 0 spiro atoms. The van der Waals surface area contributed by atoms with Crippen LogP contribution in [-0.2, 0) is 4.79 Å². The van der Waals surface area contributed by atoms with Crippen LogP contribution in [0.15, 0.2) is 58.3 Å². The van der Waals surface area contributed by atoms with Crippen molar-refractivity contribution in [2.45, 2.75) is 24.1 Å². The smallest absolute Gasteiger partial charge is 0.238 e. The molecule has 8 heteroatoms. The summed E-state index contributed by atoms with van der Waals surface area (Å²) in [5.41, 5.74) is 1.14. The maximum Gasteiger partial charge on any atom is 0.238 e. The van der Waals surface area contributed by atoms with E-state index >= 15 is 0 Å². The Morgan fingerprint density at radius 1 is 1.22 bits per heavy atom. The molecule has 0 radical (unpaired) electrons. The number of anilines is 1. The predicted octanol–water partition coefficient (Wildman–Crippen LogP) is 4.77. The van der Waals surface area contributed by atoms with E-state index in [9.17, 15) is 4.79 Å². The highest BCUT2D eigenvalue weighted by Gasteiger charge is 2.19. The first-order valence-corrected chi connectivity index (χ1v) is 10.0. The van der Waals surface area contributed by atoms with Gasteiger partial charge in [-0.25, -0.2) is 9.97 Å². The van der Waals surface area contributed by atoms with E-state index in [1.807, 2.05) is 25.1 Å². The zero-order chi connectivity index (χ0) is 18.8. The third-order valence-electron chi connectivity index (χ3n) is 3.89. The van der Waals surface area contributed by atoms with Gasteiger partial charge in [0.1, 0.15) is 21.9 Å². The van der Waals surface area contributed by atoms with E-state index in [0.29, 0.717) is 11.6 Å². The highest BCUT2D eigenvalue weighted by molar-refractivity contribution is 8.00. The number of rotatable bonds is 5. The van der Waals surface area contributed by atoms with E-state index < -0.39 is 0 Å². The Hall–Kier alpha value is -2.71. The van der Waals surface area contributed by atoms with Gasteiger partial charge in [-0.3, -0.25) is 4.79 Å². The lowest BCUT2D eigenvalue weighted by atomic mass is 10.2. The van der Waals surface area contributed by atoms with Crippen molar-refractivity contribution in [2.75, 3.05) is 5.32 Å². The highest BCUT2D eigenvalue weighted by Crippen LogP contribution is 2.37. The third kappa shape index (κ3) is 3.86. The third-order valence-corrected chi connectivity index (χ3v) is 6.10. The van der Waals surface area contributed by atoms with Crippen LogP contribution in [0.25, 0.3) is 20.7 Å². The van der Waals surface area contributed by atoms with Gasteiger partial charge in [-0.05, 0) is 25.5 Å². The van der Waals surface area contributed by atoms with Crippen molar-refractivity contribution in [2.24, 2.45) is 0 Å². The van der Waals surface area contributed by atoms with Crippen LogP contribution in [0.4, 0.5) is 5.82 Å². The monoisotopic (exact) mass is 396 g/mol. The largest absolute Gasteiger partial charge is 0.360 e. The number of hydrogen-bond acceptors (Lipinski definition) is 7. The summed E-state index contributed by atoms with van der Waals surface area (Å²) in [5, 5.41) is 7.95. The van der Waals surface area contributed by atoms with Gasteiger partial charge in [0.15, 0.2) is 5.82 Å². The minimum atomic E-state index is -0.347. The van der Waals surface area contributed by atoms with Gasteiger partial charge >= 0.3 is 0 Å². The zero-order valence-electron chi connectivity index (χ0n) is 14.7. The number of aryl methyl sites for hydroxylation is 1. The number of carbonyl (C=O) groups excluding carboxylic acids is 1. The summed E-state index contributed by atoms with van der Waals surface area (Å²) in [6.07, 6.45) is 1.54. The van der Waals surface area contributed by atoms with Crippen molar-refractivity contribution in [1.82, 2.24) is 15.1 Å². The molecule has 1 aromatic carbocycles. The van der Waals surface area contributed by atoms with Crippen LogP contribution in [0.2, 0.25) is 0 Å². The number of thiophene rings is 1. The fraction of sp³-hybridized carbons (Fsp3) is 0.158. The number of fused-ring (bicyclic) bond motifs is 1. The topological polar surface area (TPSA) is 80.9 Å². The van der Waals surface area contributed by atoms with E-state index in [2.05, 4.69) is 38.6 Å². The van der Waals surface area contributed by atoms with Gasteiger partial charge < -0.3 is 9.84 Å². The van der Waals surface area contributed by atoms with Gasteiger partial charge in [-0.1, -0.05) is 47.3 Å². The lowest BCUT2D eigenvalue weighted by molar-refractivity contribution is -0.115. The van der Waals surface area contributed by atoms with Crippen LogP contribution < -0.4 is 5.32 Å². The summed E-state index contributed by atoms with van der Waals surface area (Å²) in [7, 11) is 0. The molecule has 0 aliphatic carbocycles. The Labute approximate surface area is 164 Å².